The molecular weight excluding hydrogens is 354 g/mol. The van der Waals surface area contributed by atoms with Gasteiger partial charge in [-0.25, -0.2) is 4.99 Å². The lowest BCUT2D eigenvalue weighted by Gasteiger charge is -2.04. The Morgan fingerprint density at radius 2 is 2.08 bits per heavy atom. The smallest absolute Gasteiger partial charge is 0.264 e. The fourth-order valence-electron chi connectivity index (χ4n) is 2.30. The number of carbonyl (C=O) groups excluding carboxylic acids is 2. The number of nitrogens with two attached hydrogens (primary N) is 1. The molecule has 2 aromatic carbocycles. The van der Waals surface area contributed by atoms with Gasteiger partial charge in [-0.05, 0) is 47.7 Å². The molecule has 4 N–H and O–H groups in total. The second-order valence-corrected chi connectivity index (χ2v) is 6.33. The lowest BCUT2D eigenvalue weighted by atomic mass is 10.2. The Kier molecular flexibility index (Phi) is 4.94. The second-order valence-electron chi connectivity index (χ2n) is 5.29. The molecule has 0 saturated carbocycles. The highest BCUT2D eigenvalue weighted by molar-refractivity contribution is 8.18. The minimum atomic E-state index is -0.591. The molecule has 2 amide bonds. The number of ether oxygens (including phenoxy) is 1. The number of para-hydroxylation sites is 1. The summed E-state index contributed by atoms with van der Waals surface area (Å²) in [7, 11) is 1.45. The van der Waals surface area contributed by atoms with Crippen LogP contribution in [0.1, 0.15) is 15.9 Å². The van der Waals surface area contributed by atoms with Gasteiger partial charge in [-0.1, -0.05) is 18.2 Å². The number of carbonyl (C=O) groups is 2. The summed E-state index contributed by atoms with van der Waals surface area (Å²) < 4.78 is 5.06. The molecule has 1 aliphatic rings. The number of amides is 2. The van der Waals surface area contributed by atoms with Crippen molar-refractivity contribution in [1.29, 1.82) is 0 Å². The number of benzene rings is 2. The first-order chi connectivity index (χ1) is 12.5. The summed E-state index contributed by atoms with van der Waals surface area (Å²) in [4.78, 5) is 28.4. The fraction of sp³-hybridized carbons (Fsp3) is 0.0556. The third-order valence-electron chi connectivity index (χ3n) is 3.54. The number of phenols is 1. The SMILES string of the molecule is COc1cc(/C=C2\SC(=Nc3ccccc3C(N)=O)NC2=O)ccc1O. The van der Waals surface area contributed by atoms with Crippen molar-refractivity contribution in [3.05, 3.63) is 58.5 Å². The number of nitrogens with one attached hydrogen (secondary N) is 1. The summed E-state index contributed by atoms with van der Waals surface area (Å²) in [5.41, 5.74) is 6.69. The van der Waals surface area contributed by atoms with Gasteiger partial charge >= 0.3 is 0 Å². The molecule has 2 aromatic rings. The number of nitrogens with zero attached hydrogens (tertiary/aromatic N) is 1. The zero-order valence-corrected chi connectivity index (χ0v) is 14.5. The van der Waals surface area contributed by atoms with Crippen molar-refractivity contribution < 1.29 is 19.4 Å². The molecule has 1 heterocycles. The van der Waals surface area contributed by atoms with Crippen LogP contribution in [-0.4, -0.2) is 29.2 Å². The highest BCUT2D eigenvalue weighted by atomic mass is 32.2. The first-order valence-electron chi connectivity index (χ1n) is 7.53. The maximum absolute atomic E-state index is 12.2. The van der Waals surface area contributed by atoms with Gasteiger partial charge in [-0.2, -0.15) is 0 Å². The molecule has 1 fully saturated rings. The standard InChI is InChI=1S/C18H15N3O4S/c1-25-14-8-10(6-7-13(14)22)9-15-17(24)21-18(26-15)20-12-5-3-2-4-11(12)16(19)23/h2-9,22H,1H3,(H2,19,23)(H,20,21,24)/b15-9-. The number of aliphatic imine (C=N–C) groups is 1. The summed E-state index contributed by atoms with van der Waals surface area (Å²) >= 11 is 1.14. The van der Waals surface area contributed by atoms with Gasteiger partial charge in [-0.3, -0.25) is 9.59 Å². The topological polar surface area (TPSA) is 114 Å². The minimum Gasteiger partial charge on any atom is -0.504 e. The van der Waals surface area contributed by atoms with Gasteiger partial charge in [0.15, 0.2) is 16.7 Å². The molecule has 0 radical (unpaired) electrons. The van der Waals surface area contributed by atoms with Gasteiger partial charge in [0.25, 0.3) is 11.8 Å². The van der Waals surface area contributed by atoms with Crippen molar-refractivity contribution in [1.82, 2.24) is 5.32 Å². The highest BCUT2D eigenvalue weighted by Gasteiger charge is 2.24. The van der Waals surface area contributed by atoms with Gasteiger partial charge in [0.2, 0.25) is 0 Å². The molecule has 7 nitrogen and oxygen atoms in total. The molecule has 0 aromatic heterocycles. The quantitative estimate of drug-likeness (QED) is 0.716. The average molecular weight is 369 g/mol. The Balaban J connectivity index is 1.88. The second kappa shape index (κ2) is 7.32. The van der Waals surface area contributed by atoms with E-state index in [9.17, 15) is 14.7 Å². The number of thioether (sulfide) groups is 1. The fourth-order valence-corrected chi connectivity index (χ4v) is 3.14. The van der Waals surface area contributed by atoms with Crippen molar-refractivity contribution in [3.8, 4) is 11.5 Å². The van der Waals surface area contributed by atoms with Gasteiger partial charge in [0.05, 0.1) is 23.3 Å². The van der Waals surface area contributed by atoms with E-state index in [0.717, 1.165) is 11.8 Å². The van der Waals surface area contributed by atoms with E-state index in [-0.39, 0.29) is 17.2 Å². The van der Waals surface area contributed by atoms with Crippen molar-refractivity contribution in [2.75, 3.05) is 7.11 Å². The highest BCUT2D eigenvalue weighted by Crippen LogP contribution is 2.31. The van der Waals surface area contributed by atoms with E-state index in [0.29, 0.717) is 27.1 Å². The van der Waals surface area contributed by atoms with Crippen LogP contribution in [0.5, 0.6) is 11.5 Å². The molecule has 1 saturated heterocycles. The molecule has 3 rings (SSSR count). The van der Waals surface area contributed by atoms with Gasteiger partial charge < -0.3 is 20.9 Å². The van der Waals surface area contributed by atoms with E-state index in [2.05, 4.69) is 10.3 Å². The molecule has 26 heavy (non-hydrogen) atoms. The molecule has 8 heteroatoms. The van der Waals surface area contributed by atoms with Gasteiger partial charge in [0.1, 0.15) is 0 Å². The zero-order chi connectivity index (χ0) is 18.7. The van der Waals surface area contributed by atoms with Crippen LogP contribution in [0.3, 0.4) is 0 Å². The first-order valence-corrected chi connectivity index (χ1v) is 8.35. The summed E-state index contributed by atoms with van der Waals surface area (Å²) in [5, 5.41) is 12.6. The Bertz CT molecular complexity index is 953. The Morgan fingerprint density at radius 3 is 2.81 bits per heavy atom. The van der Waals surface area contributed by atoms with Gasteiger partial charge in [0, 0.05) is 0 Å². The van der Waals surface area contributed by atoms with Crippen LogP contribution in [0.25, 0.3) is 6.08 Å². The number of hydrogen-bond donors (Lipinski definition) is 3. The van der Waals surface area contributed by atoms with Crippen LogP contribution < -0.4 is 15.8 Å². The van der Waals surface area contributed by atoms with Crippen molar-refractivity contribution >= 4 is 40.5 Å². The summed E-state index contributed by atoms with van der Waals surface area (Å²) in [6.07, 6.45) is 1.66. The lowest BCUT2D eigenvalue weighted by molar-refractivity contribution is -0.115. The predicted molar refractivity (Wildman–Crippen MR) is 100 cm³/mol. The number of amidine groups is 1. The van der Waals surface area contributed by atoms with E-state index < -0.39 is 5.91 Å². The Hall–Kier alpha value is -3.26. The van der Waals surface area contributed by atoms with E-state index >= 15 is 0 Å². The number of aromatic hydroxyl groups is 1. The summed E-state index contributed by atoms with van der Waals surface area (Å²) in [6, 6.07) is 11.4. The van der Waals surface area contributed by atoms with Crippen LogP contribution in [0.2, 0.25) is 0 Å². The zero-order valence-electron chi connectivity index (χ0n) is 13.7. The normalized spacial score (nSPS) is 16.7. The van der Waals surface area contributed by atoms with E-state index in [1.165, 1.54) is 13.2 Å². The molecule has 0 unspecified atom stereocenters. The number of phenolic OH excluding ortho intramolecular Hbond substituents is 1. The molecule has 0 bridgehead atoms. The molecule has 1 aliphatic heterocycles. The van der Waals surface area contributed by atoms with Crippen molar-refractivity contribution in [3.63, 3.8) is 0 Å². The largest absolute Gasteiger partial charge is 0.504 e. The van der Waals surface area contributed by atoms with Crippen LogP contribution in [0, 0.1) is 0 Å². The third kappa shape index (κ3) is 3.70. The molecule has 0 atom stereocenters. The van der Waals surface area contributed by atoms with E-state index in [1.807, 2.05) is 0 Å². The summed E-state index contributed by atoms with van der Waals surface area (Å²) in [6.45, 7) is 0. The van der Waals surface area contributed by atoms with Crippen molar-refractivity contribution in [2.45, 2.75) is 0 Å². The molecule has 0 aliphatic carbocycles. The number of rotatable bonds is 4. The number of hydrogen-bond acceptors (Lipinski definition) is 6. The number of methoxy groups -OCH3 is 1. The third-order valence-corrected chi connectivity index (χ3v) is 4.45. The Morgan fingerprint density at radius 1 is 1.31 bits per heavy atom. The number of primary amides is 1. The predicted octanol–water partition coefficient (Wildman–Crippen LogP) is 2.39. The maximum Gasteiger partial charge on any atom is 0.264 e. The summed E-state index contributed by atoms with van der Waals surface area (Å²) in [5.74, 6) is -0.570. The monoisotopic (exact) mass is 369 g/mol. The molecule has 0 spiro atoms. The lowest BCUT2D eigenvalue weighted by Crippen LogP contribution is -2.19. The molecular formula is C18H15N3O4S. The first kappa shape index (κ1) is 17.6. The van der Waals surface area contributed by atoms with Crippen molar-refractivity contribution in [2.24, 2.45) is 10.7 Å². The minimum absolute atomic E-state index is 0.0171. The van der Waals surface area contributed by atoms with Crippen LogP contribution in [-0.2, 0) is 4.79 Å². The maximum atomic E-state index is 12.2. The molecule has 132 valence electrons. The van der Waals surface area contributed by atoms with E-state index in [4.69, 9.17) is 10.5 Å². The Labute approximate surface area is 153 Å². The van der Waals surface area contributed by atoms with Crippen LogP contribution in [0.4, 0.5) is 5.69 Å². The average Bonchev–Trinajstić information content (AvgIpc) is 2.96. The van der Waals surface area contributed by atoms with Gasteiger partial charge in [-0.15, -0.1) is 0 Å². The van der Waals surface area contributed by atoms with Crippen LogP contribution in [0.15, 0.2) is 52.4 Å². The van der Waals surface area contributed by atoms with Crippen LogP contribution >= 0.6 is 11.8 Å². The van der Waals surface area contributed by atoms with E-state index in [1.54, 1.807) is 42.5 Å².